The van der Waals surface area contributed by atoms with Crippen molar-refractivity contribution in [2.75, 3.05) is 5.32 Å². The smallest absolute Gasteiger partial charge is 0.336 e. The topological polar surface area (TPSA) is 66.4 Å². The quantitative estimate of drug-likeness (QED) is 0.879. The number of halogens is 2. The molecule has 0 atom stereocenters. The van der Waals surface area contributed by atoms with Gasteiger partial charge in [-0.1, -0.05) is 0 Å². The largest absolute Gasteiger partial charge is 0.478 e. The Morgan fingerprint density at radius 3 is 2.50 bits per heavy atom. The van der Waals surface area contributed by atoms with Crippen LogP contribution in [0.15, 0.2) is 10.5 Å². The molecule has 0 fully saturated rings. The van der Waals surface area contributed by atoms with Crippen LogP contribution in [-0.4, -0.2) is 17.0 Å². The number of carboxylic acids is 1. The minimum atomic E-state index is -1.19. The summed E-state index contributed by atoms with van der Waals surface area (Å²) in [7, 11) is 0. The number of anilines is 1. The molecule has 0 radical (unpaired) electrons. The van der Waals surface area contributed by atoms with Crippen LogP contribution in [0, 0.1) is 12.7 Å². The van der Waals surface area contributed by atoms with Crippen molar-refractivity contribution in [2.24, 2.45) is 0 Å². The second-order valence-corrected chi connectivity index (χ2v) is 4.02. The zero-order chi connectivity index (χ0) is 12.5. The number of rotatable bonds is 2. The standard InChI is InChI=1S/C10H9BrFNO3/c1-4-3-6(10(15)16)7(11)9(8(4)12)13-5(2)14/h3H,1-2H3,(H,13,14)(H,15,16). The molecule has 1 rings (SSSR count). The summed E-state index contributed by atoms with van der Waals surface area (Å²) in [5.74, 6) is -2.31. The van der Waals surface area contributed by atoms with Crippen LogP contribution in [-0.2, 0) is 4.79 Å². The SMILES string of the molecule is CC(=O)Nc1c(F)c(C)cc(C(=O)O)c1Br. The fourth-order valence-corrected chi connectivity index (χ4v) is 1.77. The number of carbonyl (C=O) groups excluding carboxylic acids is 1. The van der Waals surface area contributed by atoms with Gasteiger partial charge in [0.1, 0.15) is 0 Å². The molecule has 0 heterocycles. The lowest BCUT2D eigenvalue weighted by molar-refractivity contribution is -0.114. The van der Waals surface area contributed by atoms with Crippen molar-refractivity contribution in [1.82, 2.24) is 0 Å². The summed E-state index contributed by atoms with van der Waals surface area (Å²) >= 11 is 2.96. The molecule has 0 bridgehead atoms. The van der Waals surface area contributed by atoms with Crippen LogP contribution in [0.3, 0.4) is 0 Å². The zero-order valence-electron chi connectivity index (χ0n) is 8.60. The van der Waals surface area contributed by atoms with E-state index in [1.54, 1.807) is 0 Å². The van der Waals surface area contributed by atoms with Crippen molar-refractivity contribution < 1.29 is 19.1 Å². The third-order valence-electron chi connectivity index (χ3n) is 1.91. The van der Waals surface area contributed by atoms with Crippen LogP contribution in [0.1, 0.15) is 22.8 Å². The first kappa shape index (κ1) is 12.6. The van der Waals surface area contributed by atoms with Gasteiger partial charge < -0.3 is 10.4 Å². The van der Waals surface area contributed by atoms with Crippen LogP contribution in [0.5, 0.6) is 0 Å². The Bertz CT molecular complexity index is 474. The average Bonchev–Trinajstić information content (AvgIpc) is 2.17. The minimum absolute atomic E-state index is 0.0262. The number of amides is 1. The molecule has 1 aromatic carbocycles. The van der Waals surface area contributed by atoms with Gasteiger partial charge in [-0.15, -0.1) is 0 Å². The Kier molecular flexibility index (Phi) is 3.64. The number of carboxylic acid groups (broad SMARTS) is 1. The summed E-state index contributed by atoms with van der Waals surface area (Å²) < 4.78 is 13.7. The van der Waals surface area contributed by atoms with Gasteiger partial charge in [-0.3, -0.25) is 4.79 Å². The van der Waals surface area contributed by atoms with E-state index < -0.39 is 17.7 Å². The molecule has 0 aromatic heterocycles. The van der Waals surface area contributed by atoms with Crippen LogP contribution in [0.4, 0.5) is 10.1 Å². The normalized spacial score (nSPS) is 10.0. The monoisotopic (exact) mass is 289 g/mol. The van der Waals surface area contributed by atoms with Gasteiger partial charge >= 0.3 is 5.97 Å². The third-order valence-corrected chi connectivity index (χ3v) is 2.74. The molecule has 0 spiro atoms. The molecule has 4 nitrogen and oxygen atoms in total. The molecule has 2 N–H and O–H groups in total. The molecular formula is C10H9BrFNO3. The predicted molar refractivity (Wildman–Crippen MR) is 60.1 cm³/mol. The number of nitrogens with one attached hydrogen (secondary N) is 1. The van der Waals surface area contributed by atoms with E-state index in [4.69, 9.17) is 5.11 Å². The van der Waals surface area contributed by atoms with Crippen molar-refractivity contribution >= 4 is 33.5 Å². The number of hydrogen-bond donors (Lipinski definition) is 2. The lowest BCUT2D eigenvalue weighted by atomic mass is 10.1. The van der Waals surface area contributed by atoms with E-state index in [2.05, 4.69) is 21.2 Å². The van der Waals surface area contributed by atoms with Crippen molar-refractivity contribution in [3.63, 3.8) is 0 Å². The van der Waals surface area contributed by atoms with Gasteiger partial charge in [-0.05, 0) is 34.5 Å². The zero-order valence-corrected chi connectivity index (χ0v) is 10.2. The Morgan fingerprint density at radius 2 is 2.06 bits per heavy atom. The Balaban J connectivity index is 3.45. The lowest BCUT2D eigenvalue weighted by Gasteiger charge is -2.11. The van der Waals surface area contributed by atoms with Gasteiger partial charge in [0.25, 0.3) is 0 Å². The summed E-state index contributed by atoms with van der Waals surface area (Å²) in [5.41, 5.74) is -0.0862. The van der Waals surface area contributed by atoms with Crippen LogP contribution < -0.4 is 5.32 Å². The minimum Gasteiger partial charge on any atom is -0.478 e. The fourth-order valence-electron chi connectivity index (χ4n) is 1.21. The maximum Gasteiger partial charge on any atom is 0.336 e. The second kappa shape index (κ2) is 4.61. The van der Waals surface area contributed by atoms with Gasteiger partial charge in [-0.25, -0.2) is 9.18 Å². The first-order valence-corrected chi connectivity index (χ1v) is 5.13. The molecule has 1 amide bonds. The van der Waals surface area contributed by atoms with E-state index in [-0.39, 0.29) is 21.3 Å². The number of benzene rings is 1. The van der Waals surface area contributed by atoms with Gasteiger partial charge in [0.2, 0.25) is 5.91 Å². The van der Waals surface area contributed by atoms with Crippen LogP contribution >= 0.6 is 15.9 Å². The summed E-state index contributed by atoms with van der Waals surface area (Å²) in [6, 6.07) is 1.20. The molecule has 6 heteroatoms. The maximum absolute atomic E-state index is 13.6. The highest BCUT2D eigenvalue weighted by atomic mass is 79.9. The van der Waals surface area contributed by atoms with E-state index in [0.29, 0.717) is 0 Å². The molecule has 0 aliphatic rings. The first-order valence-electron chi connectivity index (χ1n) is 4.34. The second-order valence-electron chi connectivity index (χ2n) is 3.23. The molecule has 86 valence electrons. The van der Waals surface area contributed by atoms with E-state index in [1.165, 1.54) is 19.9 Å². The van der Waals surface area contributed by atoms with Crippen molar-refractivity contribution in [3.8, 4) is 0 Å². The highest BCUT2D eigenvalue weighted by Gasteiger charge is 2.19. The summed E-state index contributed by atoms with van der Waals surface area (Å²) in [5, 5.41) is 11.1. The number of aryl methyl sites for hydroxylation is 1. The Morgan fingerprint density at radius 1 is 1.50 bits per heavy atom. The van der Waals surface area contributed by atoms with Crippen molar-refractivity contribution in [1.29, 1.82) is 0 Å². The third kappa shape index (κ3) is 2.38. The Labute approximate surface area is 99.6 Å². The van der Waals surface area contributed by atoms with Gasteiger partial charge in [0.15, 0.2) is 5.82 Å². The molecule has 0 saturated heterocycles. The Hall–Kier alpha value is -1.43. The maximum atomic E-state index is 13.6. The van der Waals surface area contributed by atoms with Crippen LogP contribution in [0.25, 0.3) is 0 Å². The van der Waals surface area contributed by atoms with E-state index in [1.807, 2.05) is 0 Å². The number of aromatic carboxylic acids is 1. The summed E-state index contributed by atoms with van der Waals surface area (Å²) in [6.07, 6.45) is 0. The highest BCUT2D eigenvalue weighted by Crippen LogP contribution is 2.31. The average molecular weight is 290 g/mol. The molecular weight excluding hydrogens is 281 g/mol. The molecule has 0 saturated carbocycles. The molecule has 16 heavy (non-hydrogen) atoms. The van der Waals surface area contributed by atoms with Crippen LogP contribution in [0.2, 0.25) is 0 Å². The summed E-state index contributed by atoms with van der Waals surface area (Å²) in [4.78, 5) is 21.7. The number of carbonyl (C=O) groups is 2. The van der Waals surface area contributed by atoms with E-state index >= 15 is 0 Å². The fraction of sp³-hybridized carbons (Fsp3) is 0.200. The predicted octanol–water partition coefficient (Wildman–Crippen LogP) is 2.55. The highest BCUT2D eigenvalue weighted by molar-refractivity contribution is 9.10. The molecule has 0 aliphatic heterocycles. The molecule has 1 aromatic rings. The van der Waals surface area contributed by atoms with Gasteiger partial charge in [0.05, 0.1) is 15.7 Å². The van der Waals surface area contributed by atoms with Gasteiger partial charge in [-0.2, -0.15) is 0 Å². The first-order chi connectivity index (χ1) is 7.34. The summed E-state index contributed by atoms with van der Waals surface area (Å²) in [6.45, 7) is 2.65. The van der Waals surface area contributed by atoms with E-state index in [0.717, 1.165) is 0 Å². The van der Waals surface area contributed by atoms with Crippen molar-refractivity contribution in [3.05, 3.63) is 27.5 Å². The molecule has 0 unspecified atom stereocenters. The molecule has 0 aliphatic carbocycles. The lowest BCUT2D eigenvalue weighted by Crippen LogP contribution is -2.11. The van der Waals surface area contributed by atoms with Crippen molar-refractivity contribution in [2.45, 2.75) is 13.8 Å². The van der Waals surface area contributed by atoms with E-state index in [9.17, 15) is 14.0 Å². The van der Waals surface area contributed by atoms with Gasteiger partial charge in [0, 0.05) is 6.92 Å². The number of hydrogen-bond acceptors (Lipinski definition) is 2.